The van der Waals surface area contributed by atoms with E-state index in [1.54, 1.807) is 25.1 Å². The van der Waals surface area contributed by atoms with E-state index in [4.69, 9.17) is 9.47 Å². The number of halogens is 2. The SMILES string of the molecule is CC(OC(=O)Nc1c(F)cnn1-c1ccc(-c2ccc(OC(=O)C3CC3)c(F)c2)nc1)c1ccccc1. The molecule has 10 heteroatoms. The zero-order valence-corrected chi connectivity index (χ0v) is 19.7. The highest BCUT2D eigenvalue weighted by Gasteiger charge is 2.32. The van der Waals surface area contributed by atoms with Crippen molar-refractivity contribution in [2.45, 2.75) is 25.9 Å². The molecular formula is C27H22F2N4O4. The van der Waals surface area contributed by atoms with Gasteiger partial charge in [0.25, 0.3) is 0 Å². The molecule has 1 atom stereocenters. The first-order chi connectivity index (χ1) is 17.9. The van der Waals surface area contributed by atoms with E-state index in [0.29, 0.717) is 16.9 Å². The second kappa shape index (κ2) is 10.2. The quantitative estimate of drug-likeness (QED) is 0.251. The number of hydrogen-bond donors (Lipinski definition) is 1. The molecule has 2 aromatic heterocycles. The van der Waals surface area contributed by atoms with E-state index in [-0.39, 0.29) is 17.5 Å². The normalized spacial score (nSPS) is 13.6. The summed E-state index contributed by atoms with van der Waals surface area (Å²) < 4.78 is 40.6. The number of hydrogen-bond acceptors (Lipinski definition) is 6. The number of nitrogens with zero attached hydrogens (tertiary/aromatic N) is 3. The van der Waals surface area contributed by atoms with Crippen molar-refractivity contribution in [3.05, 3.63) is 90.3 Å². The van der Waals surface area contributed by atoms with Gasteiger partial charge in [0.15, 0.2) is 23.2 Å². The second-order valence-corrected chi connectivity index (χ2v) is 8.58. The molecule has 0 spiro atoms. The van der Waals surface area contributed by atoms with E-state index in [9.17, 15) is 18.4 Å². The number of pyridine rings is 1. The summed E-state index contributed by atoms with van der Waals surface area (Å²) in [4.78, 5) is 28.5. The Morgan fingerprint density at radius 3 is 2.49 bits per heavy atom. The van der Waals surface area contributed by atoms with Crippen molar-refractivity contribution in [2.24, 2.45) is 5.92 Å². The van der Waals surface area contributed by atoms with Crippen LogP contribution in [0.25, 0.3) is 16.9 Å². The highest BCUT2D eigenvalue weighted by Crippen LogP contribution is 2.32. The first-order valence-electron chi connectivity index (χ1n) is 11.6. The number of esters is 1. The second-order valence-electron chi connectivity index (χ2n) is 8.58. The minimum Gasteiger partial charge on any atom is -0.441 e. The lowest BCUT2D eigenvalue weighted by molar-refractivity contribution is -0.136. The van der Waals surface area contributed by atoms with Crippen LogP contribution in [0.15, 0.2) is 73.1 Å². The number of rotatable bonds is 7. The van der Waals surface area contributed by atoms with Crippen molar-refractivity contribution < 1.29 is 27.8 Å². The third-order valence-corrected chi connectivity index (χ3v) is 5.84. The summed E-state index contributed by atoms with van der Waals surface area (Å²) in [5.74, 6) is -2.36. The maximum absolute atomic E-state index is 14.5. The van der Waals surface area contributed by atoms with Crippen molar-refractivity contribution in [1.82, 2.24) is 14.8 Å². The van der Waals surface area contributed by atoms with E-state index in [1.807, 2.05) is 30.3 Å². The lowest BCUT2D eigenvalue weighted by Gasteiger charge is -2.15. The fourth-order valence-corrected chi connectivity index (χ4v) is 3.65. The van der Waals surface area contributed by atoms with Crippen molar-refractivity contribution in [1.29, 1.82) is 0 Å². The summed E-state index contributed by atoms with van der Waals surface area (Å²) >= 11 is 0. The van der Waals surface area contributed by atoms with Gasteiger partial charge in [0.05, 0.1) is 29.7 Å². The van der Waals surface area contributed by atoms with Gasteiger partial charge in [0.1, 0.15) is 6.10 Å². The van der Waals surface area contributed by atoms with Crippen molar-refractivity contribution >= 4 is 17.9 Å². The highest BCUT2D eigenvalue weighted by molar-refractivity contribution is 5.84. The summed E-state index contributed by atoms with van der Waals surface area (Å²) in [5, 5.41) is 6.37. The van der Waals surface area contributed by atoms with Gasteiger partial charge in [0.2, 0.25) is 0 Å². The molecule has 1 unspecified atom stereocenters. The first kappa shape index (κ1) is 24.1. The van der Waals surface area contributed by atoms with Gasteiger partial charge >= 0.3 is 12.1 Å². The van der Waals surface area contributed by atoms with Gasteiger partial charge < -0.3 is 9.47 Å². The van der Waals surface area contributed by atoms with Crippen LogP contribution in [0.3, 0.4) is 0 Å². The summed E-state index contributed by atoms with van der Waals surface area (Å²) in [6.07, 6.45) is 2.50. The fourth-order valence-electron chi connectivity index (χ4n) is 3.65. The maximum atomic E-state index is 14.5. The van der Waals surface area contributed by atoms with Gasteiger partial charge in [0, 0.05) is 5.56 Å². The van der Waals surface area contributed by atoms with Gasteiger partial charge in [-0.1, -0.05) is 30.3 Å². The Labute approximate surface area is 210 Å². The van der Waals surface area contributed by atoms with Gasteiger partial charge in [-0.05, 0) is 55.7 Å². The van der Waals surface area contributed by atoms with Crippen LogP contribution in [-0.2, 0) is 9.53 Å². The molecule has 2 aromatic carbocycles. The topological polar surface area (TPSA) is 95.3 Å². The molecule has 4 aromatic rings. The summed E-state index contributed by atoms with van der Waals surface area (Å²) in [7, 11) is 0. The van der Waals surface area contributed by atoms with Crippen molar-refractivity contribution in [3.8, 4) is 22.7 Å². The predicted molar refractivity (Wildman–Crippen MR) is 130 cm³/mol. The molecule has 8 nitrogen and oxygen atoms in total. The molecule has 1 aliphatic rings. The Hall–Kier alpha value is -4.60. The van der Waals surface area contributed by atoms with E-state index in [0.717, 1.165) is 24.6 Å². The number of anilines is 1. The highest BCUT2D eigenvalue weighted by atomic mass is 19.1. The standard InChI is InChI=1S/C27H22F2N4O4/c1-16(17-5-3-2-4-6-17)36-27(35)32-25-22(29)15-31-33(25)20-10-11-23(30-14-20)19-9-12-24(21(28)13-19)37-26(34)18-7-8-18/h2-6,9-16,18H,7-8H2,1H3,(H,32,35). The molecule has 1 amide bonds. The average Bonchev–Trinajstić information content (AvgIpc) is 3.70. The third-order valence-electron chi connectivity index (χ3n) is 5.84. The van der Waals surface area contributed by atoms with E-state index in [2.05, 4.69) is 15.4 Å². The van der Waals surface area contributed by atoms with Gasteiger partial charge in [-0.25, -0.2) is 18.3 Å². The molecular weight excluding hydrogens is 482 g/mol. The molecule has 0 saturated heterocycles. The largest absolute Gasteiger partial charge is 0.441 e. The van der Waals surface area contributed by atoms with Crippen LogP contribution in [0.4, 0.5) is 19.4 Å². The van der Waals surface area contributed by atoms with Crippen molar-refractivity contribution in [2.75, 3.05) is 5.32 Å². The molecule has 1 aliphatic carbocycles. The Kier molecular flexibility index (Phi) is 6.63. The zero-order valence-electron chi connectivity index (χ0n) is 19.7. The van der Waals surface area contributed by atoms with Crippen molar-refractivity contribution in [3.63, 3.8) is 0 Å². The van der Waals surface area contributed by atoms with Gasteiger partial charge in [-0.15, -0.1) is 0 Å². The van der Waals surface area contributed by atoms with Gasteiger partial charge in [-0.3, -0.25) is 15.1 Å². The van der Waals surface area contributed by atoms with Crippen LogP contribution >= 0.6 is 0 Å². The summed E-state index contributed by atoms with van der Waals surface area (Å²) in [6, 6.07) is 16.5. The Morgan fingerprint density at radius 1 is 1.03 bits per heavy atom. The Bertz CT molecular complexity index is 1440. The van der Waals surface area contributed by atoms with Crippen LogP contribution in [0, 0.1) is 17.6 Å². The molecule has 188 valence electrons. The van der Waals surface area contributed by atoms with Gasteiger partial charge in [-0.2, -0.15) is 5.10 Å². The van der Waals surface area contributed by atoms with E-state index < -0.39 is 29.8 Å². The molecule has 1 fully saturated rings. The molecule has 2 heterocycles. The van der Waals surface area contributed by atoms with Crippen LogP contribution < -0.4 is 10.1 Å². The first-order valence-corrected chi connectivity index (χ1v) is 11.6. The molecule has 1 N–H and O–H groups in total. The number of carbonyl (C=O) groups excluding carboxylic acids is 2. The third kappa shape index (κ3) is 5.48. The number of amides is 1. The Balaban J connectivity index is 1.29. The lowest BCUT2D eigenvalue weighted by atomic mass is 10.1. The predicted octanol–water partition coefficient (Wildman–Crippen LogP) is 5.84. The monoisotopic (exact) mass is 504 g/mol. The number of ether oxygens (including phenoxy) is 2. The van der Waals surface area contributed by atoms with Crippen LogP contribution in [0.1, 0.15) is 31.4 Å². The van der Waals surface area contributed by atoms with E-state index >= 15 is 0 Å². The van der Waals surface area contributed by atoms with Crippen LogP contribution in [-0.4, -0.2) is 26.8 Å². The smallest absolute Gasteiger partial charge is 0.413 e. The zero-order chi connectivity index (χ0) is 25.9. The molecule has 0 radical (unpaired) electrons. The number of aromatic nitrogens is 3. The number of benzene rings is 2. The number of carbonyl (C=O) groups is 2. The molecule has 5 rings (SSSR count). The molecule has 0 aliphatic heterocycles. The minimum atomic E-state index is -0.848. The Morgan fingerprint density at radius 2 is 1.81 bits per heavy atom. The van der Waals surface area contributed by atoms with Crippen LogP contribution in [0.2, 0.25) is 0 Å². The summed E-state index contributed by atoms with van der Waals surface area (Å²) in [6.45, 7) is 1.71. The van der Waals surface area contributed by atoms with Crippen LogP contribution in [0.5, 0.6) is 5.75 Å². The number of nitrogens with one attached hydrogen (secondary N) is 1. The molecule has 1 saturated carbocycles. The lowest BCUT2D eigenvalue weighted by Crippen LogP contribution is -2.19. The maximum Gasteiger partial charge on any atom is 0.413 e. The molecule has 37 heavy (non-hydrogen) atoms. The summed E-state index contributed by atoms with van der Waals surface area (Å²) in [5.41, 5.74) is 2.03. The minimum absolute atomic E-state index is 0.131. The fraction of sp³-hybridized carbons (Fsp3) is 0.185. The average molecular weight is 504 g/mol. The molecule has 0 bridgehead atoms. The van der Waals surface area contributed by atoms with E-state index in [1.165, 1.54) is 23.0 Å².